The lowest BCUT2D eigenvalue weighted by Gasteiger charge is -2.11. The molecule has 10 heteroatoms. The van der Waals surface area contributed by atoms with Crippen molar-refractivity contribution in [2.75, 3.05) is 0 Å². The molecular formula is C19H8Cl2F3N3O2. The Morgan fingerprint density at radius 3 is 2.31 bits per heavy atom. The zero-order chi connectivity index (χ0) is 20.7. The summed E-state index contributed by atoms with van der Waals surface area (Å²) in [6, 6.07) is 8.48. The Kier molecular flexibility index (Phi) is 4.89. The van der Waals surface area contributed by atoms with Gasteiger partial charge in [0.1, 0.15) is 6.33 Å². The van der Waals surface area contributed by atoms with E-state index in [1.807, 2.05) is 0 Å². The van der Waals surface area contributed by atoms with Crippen LogP contribution in [0.15, 0.2) is 53.6 Å². The lowest BCUT2D eigenvalue weighted by atomic mass is 10.1. The van der Waals surface area contributed by atoms with Crippen molar-refractivity contribution in [3.8, 4) is 22.8 Å². The third-order valence-electron chi connectivity index (χ3n) is 3.99. The molecule has 0 radical (unpaired) electrons. The van der Waals surface area contributed by atoms with Gasteiger partial charge < -0.3 is 4.74 Å². The summed E-state index contributed by atoms with van der Waals surface area (Å²) >= 11 is 12.4. The highest BCUT2D eigenvalue weighted by atomic mass is 35.5. The molecule has 0 aliphatic carbocycles. The number of nitrogens with zero attached hydrogens (tertiary/aromatic N) is 3. The van der Waals surface area contributed by atoms with Crippen molar-refractivity contribution in [1.82, 2.24) is 14.6 Å². The van der Waals surface area contributed by atoms with Crippen molar-refractivity contribution in [3.05, 3.63) is 86.6 Å². The van der Waals surface area contributed by atoms with E-state index in [9.17, 15) is 18.0 Å². The number of hydrogen-bond acceptors (Lipinski definition) is 4. The van der Waals surface area contributed by atoms with Gasteiger partial charge in [0.25, 0.3) is 5.56 Å². The minimum absolute atomic E-state index is 0.112. The average Bonchev–Trinajstić information content (AvgIpc) is 2.67. The summed E-state index contributed by atoms with van der Waals surface area (Å²) in [4.78, 5) is 16.1. The molecule has 0 unspecified atom stereocenters. The Labute approximate surface area is 170 Å². The van der Waals surface area contributed by atoms with Crippen molar-refractivity contribution in [1.29, 1.82) is 0 Å². The molecule has 0 saturated carbocycles. The molecule has 4 aromatic rings. The van der Waals surface area contributed by atoms with Crippen LogP contribution in [0.4, 0.5) is 13.2 Å². The van der Waals surface area contributed by atoms with E-state index in [1.165, 1.54) is 16.6 Å². The second-order valence-electron chi connectivity index (χ2n) is 5.82. The summed E-state index contributed by atoms with van der Waals surface area (Å²) in [5.41, 5.74) is 0.120. The van der Waals surface area contributed by atoms with Gasteiger partial charge in [0, 0.05) is 23.8 Å². The van der Waals surface area contributed by atoms with Crippen molar-refractivity contribution in [2.45, 2.75) is 0 Å². The van der Waals surface area contributed by atoms with E-state index in [-0.39, 0.29) is 27.1 Å². The maximum Gasteiger partial charge on any atom is 0.281 e. The molecule has 2 aromatic carbocycles. The molecule has 0 spiro atoms. The summed E-state index contributed by atoms with van der Waals surface area (Å²) in [7, 11) is 0. The molecule has 0 amide bonds. The van der Waals surface area contributed by atoms with Crippen LogP contribution in [0.25, 0.3) is 16.6 Å². The van der Waals surface area contributed by atoms with Crippen LogP contribution in [-0.4, -0.2) is 14.6 Å². The molecule has 2 heterocycles. The number of aromatic nitrogens is 3. The first kappa shape index (κ1) is 19.2. The Bertz CT molecular complexity index is 1310. The van der Waals surface area contributed by atoms with Gasteiger partial charge in [0.15, 0.2) is 23.2 Å². The van der Waals surface area contributed by atoms with Gasteiger partial charge in [-0.15, -0.1) is 5.10 Å². The van der Waals surface area contributed by atoms with Gasteiger partial charge >= 0.3 is 0 Å². The van der Waals surface area contributed by atoms with Gasteiger partial charge in [0.05, 0.1) is 21.1 Å². The first-order chi connectivity index (χ1) is 13.8. The van der Waals surface area contributed by atoms with E-state index in [2.05, 4.69) is 10.1 Å². The van der Waals surface area contributed by atoms with E-state index in [1.54, 1.807) is 18.2 Å². The molecular weight excluding hydrogens is 430 g/mol. The predicted molar refractivity (Wildman–Crippen MR) is 101 cm³/mol. The highest BCUT2D eigenvalue weighted by Crippen LogP contribution is 2.35. The highest BCUT2D eigenvalue weighted by molar-refractivity contribution is 6.39. The molecule has 0 atom stereocenters. The predicted octanol–water partition coefficient (Wildman–Crippen LogP) is 5.27. The standard InChI is InChI=1S/C19H8Cl2F3N3O2/c20-9-2-1-3-10(21)17(9)18-14-4-5-16(26-27(14)8-25-19(18)28)29-15-7-12(23)11(22)6-13(15)24/h1-8H. The Morgan fingerprint density at radius 1 is 0.897 bits per heavy atom. The molecule has 2 aromatic heterocycles. The molecule has 29 heavy (non-hydrogen) atoms. The van der Waals surface area contributed by atoms with Crippen LogP contribution < -0.4 is 10.3 Å². The smallest absolute Gasteiger partial charge is 0.281 e. The largest absolute Gasteiger partial charge is 0.434 e. The molecule has 0 bridgehead atoms. The molecule has 0 aliphatic rings. The van der Waals surface area contributed by atoms with Crippen LogP contribution in [0.1, 0.15) is 0 Å². The zero-order valence-corrected chi connectivity index (χ0v) is 15.7. The van der Waals surface area contributed by atoms with Crippen LogP contribution in [0.3, 0.4) is 0 Å². The summed E-state index contributed by atoms with van der Waals surface area (Å²) in [6.45, 7) is 0. The fourth-order valence-electron chi connectivity index (χ4n) is 2.71. The van der Waals surface area contributed by atoms with Crippen molar-refractivity contribution >= 4 is 28.7 Å². The van der Waals surface area contributed by atoms with Gasteiger partial charge in [-0.1, -0.05) is 29.3 Å². The number of fused-ring (bicyclic) bond motifs is 1. The second-order valence-corrected chi connectivity index (χ2v) is 6.64. The van der Waals surface area contributed by atoms with Crippen LogP contribution >= 0.6 is 23.2 Å². The zero-order valence-electron chi connectivity index (χ0n) is 14.2. The normalized spacial score (nSPS) is 11.1. The average molecular weight is 438 g/mol. The lowest BCUT2D eigenvalue weighted by molar-refractivity contribution is 0.405. The quantitative estimate of drug-likeness (QED) is 0.409. The van der Waals surface area contributed by atoms with Gasteiger partial charge in [-0.3, -0.25) is 4.79 Å². The molecule has 0 fully saturated rings. The minimum atomic E-state index is -1.34. The third kappa shape index (κ3) is 3.52. The molecule has 0 aliphatic heterocycles. The monoisotopic (exact) mass is 437 g/mol. The second kappa shape index (κ2) is 7.38. The number of rotatable bonds is 3. The summed E-state index contributed by atoms with van der Waals surface area (Å²) in [5.74, 6) is -4.43. The summed E-state index contributed by atoms with van der Waals surface area (Å²) < 4.78 is 46.6. The van der Waals surface area contributed by atoms with E-state index >= 15 is 0 Å². The third-order valence-corrected chi connectivity index (χ3v) is 4.62. The molecule has 5 nitrogen and oxygen atoms in total. The van der Waals surface area contributed by atoms with Gasteiger partial charge in [-0.2, -0.15) is 4.98 Å². The fraction of sp³-hybridized carbons (Fsp3) is 0. The maximum absolute atomic E-state index is 13.8. The number of hydrogen-bond donors (Lipinski definition) is 0. The Balaban J connectivity index is 1.84. The molecule has 146 valence electrons. The highest BCUT2D eigenvalue weighted by Gasteiger charge is 2.18. The molecule has 0 saturated heterocycles. The first-order valence-electron chi connectivity index (χ1n) is 8.00. The van der Waals surface area contributed by atoms with Crippen molar-refractivity contribution in [2.24, 2.45) is 0 Å². The Morgan fingerprint density at radius 2 is 1.59 bits per heavy atom. The fourth-order valence-corrected chi connectivity index (χ4v) is 3.29. The van der Waals surface area contributed by atoms with E-state index in [0.29, 0.717) is 17.6 Å². The van der Waals surface area contributed by atoms with E-state index in [0.717, 1.165) is 6.33 Å². The Hall–Kier alpha value is -3.10. The van der Waals surface area contributed by atoms with Gasteiger partial charge in [0.2, 0.25) is 5.88 Å². The van der Waals surface area contributed by atoms with Crippen LogP contribution in [-0.2, 0) is 0 Å². The van der Waals surface area contributed by atoms with Gasteiger partial charge in [-0.05, 0) is 18.2 Å². The van der Waals surface area contributed by atoms with Crippen molar-refractivity contribution < 1.29 is 17.9 Å². The number of benzene rings is 2. The first-order valence-corrected chi connectivity index (χ1v) is 8.76. The van der Waals surface area contributed by atoms with Crippen LogP contribution in [0.5, 0.6) is 11.6 Å². The molecule has 4 rings (SSSR count). The maximum atomic E-state index is 13.8. The van der Waals surface area contributed by atoms with Crippen molar-refractivity contribution in [3.63, 3.8) is 0 Å². The van der Waals surface area contributed by atoms with E-state index < -0.39 is 28.8 Å². The SMILES string of the molecule is O=c1ncn2nc(Oc3cc(F)c(F)cc3F)ccc2c1-c1c(Cl)cccc1Cl. The minimum Gasteiger partial charge on any atom is -0.434 e. The van der Waals surface area contributed by atoms with Crippen LogP contribution in [0.2, 0.25) is 10.0 Å². The van der Waals surface area contributed by atoms with Crippen LogP contribution in [0, 0.1) is 17.5 Å². The summed E-state index contributed by atoms with van der Waals surface area (Å²) in [6.07, 6.45) is 1.13. The topological polar surface area (TPSA) is 56.5 Å². The van der Waals surface area contributed by atoms with Gasteiger partial charge in [-0.25, -0.2) is 17.7 Å². The molecule has 0 N–H and O–H groups in total. The van der Waals surface area contributed by atoms with E-state index in [4.69, 9.17) is 27.9 Å². The lowest BCUT2D eigenvalue weighted by Crippen LogP contribution is -2.14. The number of halogens is 5. The summed E-state index contributed by atoms with van der Waals surface area (Å²) in [5, 5.41) is 4.56. The number of ether oxygens (including phenoxy) is 1.